The van der Waals surface area contributed by atoms with Crippen LogP contribution in [0.3, 0.4) is 0 Å². The van der Waals surface area contributed by atoms with Crippen LogP contribution in [-0.4, -0.2) is 33.8 Å². The molecule has 1 atom stereocenters. The van der Waals surface area contributed by atoms with Gasteiger partial charge in [-0.3, -0.25) is 0 Å². The smallest absolute Gasteiger partial charge is 0.218 e. The van der Waals surface area contributed by atoms with Crippen molar-refractivity contribution in [3.05, 3.63) is 11.9 Å². The van der Waals surface area contributed by atoms with Gasteiger partial charge in [0.2, 0.25) is 5.88 Å². The van der Waals surface area contributed by atoms with Crippen LogP contribution < -0.4 is 10.1 Å². The minimum Gasteiger partial charge on any atom is -0.478 e. The third-order valence-electron chi connectivity index (χ3n) is 2.67. The Morgan fingerprint density at radius 2 is 2.12 bits per heavy atom. The van der Waals surface area contributed by atoms with Gasteiger partial charge in [0, 0.05) is 6.07 Å². The molecule has 0 fully saturated rings. The molecule has 0 saturated carbocycles. The number of aromatic nitrogens is 2. The molecule has 0 amide bonds. The molecule has 17 heavy (non-hydrogen) atoms. The molecule has 5 heteroatoms. The van der Waals surface area contributed by atoms with E-state index >= 15 is 0 Å². The number of aryl methyl sites for hydroxylation is 1. The molecule has 1 unspecified atom stereocenters. The highest BCUT2D eigenvalue weighted by atomic mass is 16.5. The summed E-state index contributed by atoms with van der Waals surface area (Å²) in [6.07, 6.45) is 0.802. The third-order valence-corrected chi connectivity index (χ3v) is 2.67. The molecule has 0 radical (unpaired) electrons. The Bertz CT molecular complexity index is 365. The van der Waals surface area contributed by atoms with E-state index in [0.717, 1.165) is 6.42 Å². The van der Waals surface area contributed by atoms with Gasteiger partial charge in [-0.05, 0) is 27.2 Å². The average Bonchev–Trinajstić information content (AvgIpc) is 2.28. The fraction of sp³-hybridized carbons (Fsp3) is 0.667. The number of nitrogens with zero attached hydrogens (tertiary/aromatic N) is 2. The molecule has 0 aliphatic carbocycles. The van der Waals surface area contributed by atoms with Crippen LogP contribution in [0, 0.1) is 6.92 Å². The summed E-state index contributed by atoms with van der Waals surface area (Å²) in [7, 11) is 0. The normalized spacial score (nSPS) is 14.2. The predicted molar refractivity (Wildman–Crippen MR) is 67.3 cm³/mol. The topological polar surface area (TPSA) is 67.3 Å². The third kappa shape index (κ3) is 3.85. The summed E-state index contributed by atoms with van der Waals surface area (Å²) >= 11 is 0. The number of anilines is 1. The quantitative estimate of drug-likeness (QED) is 0.791. The summed E-state index contributed by atoms with van der Waals surface area (Å²) in [4.78, 5) is 8.45. The van der Waals surface area contributed by atoms with E-state index < -0.39 is 0 Å². The maximum absolute atomic E-state index is 9.35. The van der Waals surface area contributed by atoms with Gasteiger partial charge in [0.15, 0.2) is 0 Å². The Morgan fingerprint density at radius 1 is 1.41 bits per heavy atom. The highest BCUT2D eigenvalue weighted by Gasteiger charge is 2.21. The number of nitrogens with one attached hydrogen (secondary N) is 1. The lowest BCUT2D eigenvalue weighted by Crippen LogP contribution is -2.38. The van der Waals surface area contributed by atoms with Crippen molar-refractivity contribution in [2.45, 2.75) is 39.7 Å². The first-order valence-electron chi connectivity index (χ1n) is 5.90. The van der Waals surface area contributed by atoms with Gasteiger partial charge in [-0.25, -0.2) is 4.98 Å². The molecule has 0 aromatic carbocycles. The van der Waals surface area contributed by atoms with Crippen molar-refractivity contribution < 1.29 is 9.84 Å². The van der Waals surface area contributed by atoms with Crippen LogP contribution >= 0.6 is 0 Å². The second-order valence-electron chi connectivity index (χ2n) is 4.27. The molecule has 1 aromatic heterocycles. The molecule has 2 N–H and O–H groups in total. The van der Waals surface area contributed by atoms with Crippen LogP contribution in [0.15, 0.2) is 6.07 Å². The number of rotatable bonds is 6. The molecule has 5 nitrogen and oxygen atoms in total. The van der Waals surface area contributed by atoms with Crippen LogP contribution in [0.2, 0.25) is 0 Å². The zero-order valence-corrected chi connectivity index (χ0v) is 10.9. The lowest BCUT2D eigenvalue weighted by molar-refractivity contribution is 0.218. The van der Waals surface area contributed by atoms with E-state index in [9.17, 15) is 5.11 Å². The van der Waals surface area contributed by atoms with Gasteiger partial charge in [-0.15, -0.1) is 0 Å². The van der Waals surface area contributed by atoms with Crippen LogP contribution in [0.1, 0.15) is 33.0 Å². The highest BCUT2D eigenvalue weighted by molar-refractivity contribution is 5.41. The van der Waals surface area contributed by atoms with Crippen LogP contribution in [0.4, 0.5) is 5.82 Å². The summed E-state index contributed by atoms with van der Waals surface area (Å²) in [5.41, 5.74) is -0.371. The number of hydrogen-bond acceptors (Lipinski definition) is 5. The number of aliphatic hydroxyl groups is 1. The number of ether oxygens (including phenoxy) is 1. The summed E-state index contributed by atoms with van der Waals surface area (Å²) in [6, 6.07) is 1.75. The summed E-state index contributed by atoms with van der Waals surface area (Å²) in [6.45, 7) is 8.31. The second kappa shape index (κ2) is 5.82. The molecule has 0 aliphatic rings. The van der Waals surface area contributed by atoms with Crippen LogP contribution in [0.5, 0.6) is 5.88 Å². The SMILES string of the molecule is CCOc1cc(NC(C)(CC)CO)nc(C)n1. The Morgan fingerprint density at radius 3 is 2.65 bits per heavy atom. The van der Waals surface area contributed by atoms with Crippen LogP contribution in [-0.2, 0) is 0 Å². The molecule has 96 valence electrons. The van der Waals surface area contributed by atoms with E-state index in [1.54, 1.807) is 6.07 Å². The first-order valence-corrected chi connectivity index (χ1v) is 5.90. The highest BCUT2D eigenvalue weighted by Crippen LogP contribution is 2.19. The molecule has 1 heterocycles. The monoisotopic (exact) mass is 239 g/mol. The van der Waals surface area contributed by atoms with Crippen molar-refractivity contribution in [1.82, 2.24) is 9.97 Å². The van der Waals surface area contributed by atoms with E-state index in [2.05, 4.69) is 15.3 Å². The molecule has 0 bridgehead atoms. The van der Waals surface area contributed by atoms with Gasteiger partial charge in [-0.2, -0.15) is 4.98 Å². The molecule has 1 rings (SSSR count). The van der Waals surface area contributed by atoms with Crippen molar-refractivity contribution in [3.8, 4) is 5.88 Å². The lowest BCUT2D eigenvalue weighted by Gasteiger charge is -2.27. The largest absolute Gasteiger partial charge is 0.478 e. The van der Waals surface area contributed by atoms with Crippen molar-refractivity contribution in [3.63, 3.8) is 0 Å². The van der Waals surface area contributed by atoms with Crippen LogP contribution in [0.25, 0.3) is 0 Å². The molecule has 0 aliphatic heterocycles. The fourth-order valence-corrected chi connectivity index (χ4v) is 1.38. The summed E-state index contributed by atoms with van der Waals surface area (Å²) in [5, 5.41) is 12.6. The zero-order valence-electron chi connectivity index (χ0n) is 10.9. The van der Waals surface area contributed by atoms with Crippen molar-refractivity contribution in [2.24, 2.45) is 0 Å². The minimum atomic E-state index is -0.371. The van der Waals surface area contributed by atoms with Crippen molar-refractivity contribution >= 4 is 5.82 Å². The Labute approximate surface area is 102 Å². The van der Waals surface area contributed by atoms with Gasteiger partial charge in [-0.1, -0.05) is 6.92 Å². The molecule has 0 spiro atoms. The van der Waals surface area contributed by atoms with Crippen molar-refractivity contribution in [2.75, 3.05) is 18.5 Å². The summed E-state index contributed by atoms with van der Waals surface area (Å²) < 4.78 is 5.36. The molecular weight excluding hydrogens is 218 g/mol. The number of hydrogen-bond donors (Lipinski definition) is 2. The Hall–Kier alpha value is -1.36. The van der Waals surface area contributed by atoms with Crippen molar-refractivity contribution in [1.29, 1.82) is 0 Å². The fourth-order valence-electron chi connectivity index (χ4n) is 1.38. The number of aliphatic hydroxyl groups excluding tert-OH is 1. The molecular formula is C12H21N3O2. The van der Waals surface area contributed by atoms with E-state index in [4.69, 9.17) is 4.74 Å². The summed E-state index contributed by atoms with van der Waals surface area (Å²) in [5.74, 6) is 1.88. The molecule has 0 saturated heterocycles. The van der Waals surface area contributed by atoms with Gasteiger partial charge < -0.3 is 15.2 Å². The lowest BCUT2D eigenvalue weighted by atomic mass is 10.0. The average molecular weight is 239 g/mol. The van der Waals surface area contributed by atoms with Gasteiger partial charge in [0.05, 0.1) is 18.8 Å². The van der Waals surface area contributed by atoms with E-state index in [0.29, 0.717) is 24.1 Å². The maximum Gasteiger partial charge on any atom is 0.218 e. The zero-order chi connectivity index (χ0) is 12.9. The Kier molecular flexibility index (Phi) is 4.69. The second-order valence-corrected chi connectivity index (χ2v) is 4.27. The minimum absolute atomic E-state index is 0.0521. The van der Waals surface area contributed by atoms with E-state index in [1.165, 1.54) is 0 Å². The first-order chi connectivity index (χ1) is 8.03. The first kappa shape index (κ1) is 13.7. The van der Waals surface area contributed by atoms with E-state index in [1.807, 2.05) is 27.7 Å². The maximum atomic E-state index is 9.35. The molecule has 1 aromatic rings. The Balaban J connectivity index is 2.90. The standard InChI is InChI=1S/C12H21N3O2/c1-5-12(4,8-16)15-10-7-11(17-6-2)14-9(3)13-10/h7,16H,5-6,8H2,1-4H3,(H,13,14,15). The van der Waals surface area contributed by atoms with Gasteiger partial charge >= 0.3 is 0 Å². The van der Waals surface area contributed by atoms with Gasteiger partial charge in [0.25, 0.3) is 0 Å². The van der Waals surface area contributed by atoms with Gasteiger partial charge in [0.1, 0.15) is 11.6 Å². The predicted octanol–water partition coefficient (Wildman–Crippen LogP) is 1.76. The van der Waals surface area contributed by atoms with E-state index in [-0.39, 0.29) is 12.1 Å².